The Morgan fingerprint density at radius 3 is 1.88 bits per heavy atom. The molecule has 222 valence electrons. The van der Waals surface area contributed by atoms with Crippen LogP contribution in [-0.2, 0) is 0 Å². The highest BCUT2D eigenvalue weighted by atomic mass is 19.5. The van der Waals surface area contributed by atoms with Crippen molar-refractivity contribution in [3.05, 3.63) is 102 Å². The molecule has 8 heteroatoms. The van der Waals surface area contributed by atoms with Crippen LogP contribution < -0.4 is 9.47 Å². The summed E-state index contributed by atoms with van der Waals surface area (Å²) in [6, 6.07) is 31.3. The van der Waals surface area contributed by atoms with Crippen molar-refractivity contribution in [1.29, 1.82) is 0 Å². The molecule has 1 aromatic heterocycles. The van der Waals surface area contributed by atoms with Crippen LogP contribution in [0.4, 0.5) is 17.3 Å². The van der Waals surface area contributed by atoms with Crippen molar-refractivity contribution >= 4 is 18.9 Å². The summed E-state index contributed by atoms with van der Waals surface area (Å²) in [4.78, 5) is 0. The predicted octanol–water partition coefficient (Wildman–Crippen LogP) is 11.1. The smallest absolute Gasteiger partial charge is 0.490 e. The Morgan fingerprint density at radius 2 is 1.29 bits per heavy atom. The number of benzene rings is 3. The summed E-state index contributed by atoms with van der Waals surface area (Å²) in [5.41, 5.74) is 5.62. The standard InChI is InChI=1S/C34H37O3.BF4/c1-4-7-10-19-29(22-26-20-21-31(35-5-2)34(23-26)36-6-3)33-25-30(27-15-11-8-12-16-27)24-32(37-33)28-17-13-9-14-18-28;2-1(3,4)5/h8-9,11-18,20-25H,4-7,10,19H2,1-3H3;/q+1;-1. The Balaban J connectivity index is 0.000000892. The van der Waals surface area contributed by atoms with Crippen LogP contribution in [0.25, 0.3) is 34.1 Å². The van der Waals surface area contributed by atoms with Gasteiger partial charge in [-0.15, -0.1) is 0 Å². The number of ether oxygens (including phenoxy) is 2. The minimum absolute atomic E-state index is 0.589. The highest BCUT2D eigenvalue weighted by molar-refractivity contribution is 6.50. The maximum Gasteiger partial charge on any atom is 0.673 e. The molecule has 0 atom stereocenters. The van der Waals surface area contributed by atoms with Crippen LogP contribution in [0.15, 0.2) is 95.4 Å². The van der Waals surface area contributed by atoms with Crippen molar-refractivity contribution in [1.82, 2.24) is 0 Å². The first-order chi connectivity index (χ1) is 20.2. The van der Waals surface area contributed by atoms with Gasteiger partial charge in [0.15, 0.2) is 11.5 Å². The summed E-state index contributed by atoms with van der Waals surface area (Å²) in [6.07, 6.45) is 6.61. The topological polar surface area (TPSA) is 29.8 Å². The quantitative estimate of drug-likeness (QED) is 0.0723. The zero-order valence-corrected chi connectivity index (χ0v) is 24.3. The maximum atomic E-state index is 9.75. The lowest BCUT2D eigenvalue weighted by atomic mass is 9.98. The maximum absolute atomic E-state index is 9.75. The van der Waals surface area contributed by atoms with E-state index in [2.05, 4.69) is 73.7 Å². The van der Waals surface area contributed by atoms with Crippen LogP contribution in [0, 0.1) is 0 Å². The first-order valence-corrected chi connectivity index (χ1v) is 14.3. The van der Waals surface area contributed by atoms with Gasteiger partial charge in [0.05, 0.1) is 36.5 Å². The minimum Gasteiger partial charge on any atom is -0.490 e. The summed E-state index contributed by atoms with van der Waals surface area (Å²) < 4.78 is 57.3. The summed E-state index contributed by atoms with van der Waals surface area (Å²) in [5, 5.41) is 0. The van der Waals surface area contributed by atoms with Gasteiger partial charge < -0.3 is 26.7 Å². The monoisotopic (exact) mass is 580 g/mol. The van der Waals surface area contributed by atoms with E-state index >= 15 is 0 Å². The number of hydrogen-bond donors (Lipinski definition) is 0. The second-order valence-electron chi connectivity index (χ2n) is 9.50. The highest BCUT2D eigenvalue weighted by Gasteiger charge is 2.23. The van der Waals surface area contributed by atoms with Crippen LogP contribution in [0.3, 0.4) is 0 Å². The fourth-order valence-electron chi connectivity index (χ4n) is 4.39. The SMILES string of the molecule is CCCCCC(=Cc1ccc(OCC)c(OCC)c1)c1cc(-c2ccccc2)cc(-c2ccccc2)[o+]1.F[B-](F)(F)F. The molecule has 0 N–H and O–H groups in total. The average Bonchev–Trinajstić information content (AvgIpc) is 2.98. The normalized spacial score (nSPS) is 11.5. The van der Waals surface area contributed by atoms with Gasteiger partial charge in [-0.2, -0.15) is 0 Å². The molecule has 0 saturated carbocycles. The Bertz CT molecular complexity index is 1340. The second kappa shape index (κ2) is 16.4. The van der Waals surface area contributed by atoms with E-state index in [1.807, 2.05) is 44.2 Å². The van der Waals surface area contributed by atoms with Crippen molar-refractivity contribution in [3.63, 3.8) is 0 Å². The van der Waals surface area contributed by atoms with Gasteiger partial charge >= 0.3 is 18.8 Å². The fraction of sp³-hybridized carbons (Fsp3) is 0.265. The van der Waals surface area contributed by atoms with Gasteiger partial charge in [0.25, 0.3) is 0 Å². The van der Waals surface area contributed by atoms with Gasteiger partial charge in [-0.3, -0.25) is 0 Å². The Hall–Kier alpha value is -4.07. The van der Waals surface area contributed by atoms with Gasteiger partial charge in [-0.05, 0) is 68.2 Å². The predicted molar refractivity (Wildman–Crippen MR) is 165 cm³/mol. The Labute approximate surface area is 245 Å². The van der Waals surface area contributed by atoms with Crippen LogP contribution >= 0.6 is 0 Å². The number of halogens is 4. The van der Waals surface area contributed by atoms with E-state index in [1.165, 1.54) is 24.0 Å². The van der Waals surface area contributed by atoms with Crippen LogP contribution in [0.2, 0.25) is 0 Å². The summed E-state index contributed by atoms with van der Waals surface area (Å²) in [7, 11) is -6.00. The number of allylic oxidation sites excluding steroid dienone is 1. The average molecular weight is 580 g/mol. The summed E-state index contributed by atoms with van der Waals surface area (Å²) >= 11 is 0. The number of unbranched alkanes of at least 4 members (excludes halogenated alkanes) is 2. The van der Waals surface area contributed by atoms with Crippen LogP contribution in [0.1, 0.15) is 57.8 Å². The van der Waals surface area contributed by atoms with E-state index in [0.29, 0.717) is 13.2 Å². The molecule has 4 rings (SSSR count). The van der Waals surface area contributed by atoms with Gasteiger partial charge in [-0.1, -0.05) is 74.4 Å². The molecule has 0 bridgehead atoms. The summed E-state index contributed by atoms with van der Waals surface area (Å²) in [6.45, 7) is 7.41. The molecule has 0 amide bonds. The van der Waals surface area contributed by atoms with E-state index in [1.54, 1.807) is 0 Å². The third-order valence-electron chi connectivity index (χ3n) is 6.23. The third kappa shape index (κ3) is 10.7. The third-order valence-corrected chi connectivity index (χ3v) is 6.23. The zero-order chi connectivity index (χ0) is 30.4. The van der Waals surface area contributed by atoms with Crippen molar-refractivity contribution in [2.45, 2.75) is 46.5 Å². The van der Waals surface area contributed by atoms with E-state index < -0.39 is 7.25 Å². The van der Waals surface area contributed by atoms with Crippen molar-refractivity contribution in [2.24, 2.45) is 0 Å². The molecule has 3 nitrogen and oxygen atoms in total. The number of hydrogen-bond acceptors (Lipinski definition) is 2. The number of rotatable bonds is 12. The molecule has 0 radical (unpaired) electrons. The molecule has 0 aliphatic rings. The first-order valence-electron chi connectivity index (χ1n) is 14.3. The molecule has 0 fully saturated rings. The molecule has 0 aliphatic carbocycles. The van der Waals surface area contributed by atoms with Crippen LogP contribution in [-0.4, -0.2) is 20.5 Å². The molecule has 3 aromatic carbocycles. The summed E-state index contributed by atoms with van der Waals surface area (Å²) in [5.74, 6) is 3.30. The Morgan fingerprint density at radius 1 is 0.690 bits per heavy atom. The molecule has 0 spiro atoms. The van der Waals surface area contributed by atoms with E-state index in [9.17, 15) is 17.3 Å². The fourth-order valence-corrected chi connectivity index (χ4v) is 4.39. The second-order valence-corrected chi connectivity index (χ2v) is 9.50. The first kappa shape index (κ1) is 32.4. The Kier molecular flexibility index (Phi) is 12.7. The molecule has 0 aliphatic heterocycles. The molecule has 1 heterocycles. The minimum atomic E-state index is -6.00. The van der Waals surface area contributed by atoms with Crippen LogP contribution in [0.5, 0.6) is 11.5 Å². The van der Waals surface area contributed by atoms with Gasteiger partial charge in [0.2, 0.25) is 0 Å². The van der Waals surface area contributed by atoms with Gasteiger partial charge in [-0.25, -0.2) is 4.42 Å². The van der Waals surface area contributed by atoms with E-state index in [4.69, 9.17) is 13.9 Å². The highest BCUT2D eigenvalue weighted by Crippen LogP contribution is 2.35. The molecular weight excluding hydrogens is 543 g/mol. The lowest BCUT2D eigenvalue weighted by Crippen LogP contribution is -2.02. The van der Waals surface area contributed by atoms with Gasteiger partial charge in [0, 0.05) is 5.56 Å². The molecular formula is C34H37BF4O3. The van der Waals surface area contributed by atoms with Gasteiger partial charge in [0.1, 0.15) is 0 Å². The zero-order valence-electron chi connectivity index (χ0n) is 24.3. The lowest BCUT2D eigenvalue weighted by molar-refractivity contribution is 0.287. The van der Waals surface area contributed by atoms with Crippen molar-refractivity contribution in [2.75, 3.05) is 13.2 Å². The molecule has 4 aromatic rings. The van der Waals surface area contributed by atoms with Crippen molar-refractivity contribution < 1.29 is 31.2 Å². The largest absolute Gasteiger partial charge is 0.673 e. The molecule has 0 unspecified atom stereocenters. The molecule has 42 heavy (non-hydrogen) atoms. The van der Waals surface area contributed by atoms with E-state index in [-0.39, 0.29) is 0 Å². The van der Waals surface area contributed by atoms with E-state index in [0.717, 1.165) is 52.6 Å². The molecule has 0 saturated heterocycles. The van der Waals surface area contributed by atoms with Crippen molar-refractivity contribution in [3.8, 4) is 33.9 Å². The lowest BCUT2D eigenvalue weighted by Gasteiger charge is -2.11.